The fraction of sp³-hybridized carbons (Fsp3) is 0.197. The van der Waals surface area contributed by atoms with Gasteiger partial charge in [-0.25, -0.2) is 4.39 Å². The number of benzene rings is 4. The van der Waals surface area contributed by atoms with Gasteiger partial charge >= 0.3 is 0 Å². The van der Waals surface area contributed by atoms with Gasteiger partial charge in [-0.05, 0) is 114 Å². The first-order valence-electron chi connectivity index (χ1n) is 22.6. The van der Waals surface area contributed by atoms with E-state index in [2.05, 4.69) is 125 Å². The van der Waals surface area contributed by atoms with Crippen molar-refractivity contribution in [1.29, 1.82) is 0 Å². The fourth-order valence-corrected chi connectivity index (χ4v) is 7.30. The number of nitrogens with zero attached hydrogens (tertiary/aromatic N) is 1. The average molecular weight is 884 g/mol. The largest absolute Gasteiger partial charge is 0.315 e. The number of aryl methyl sites for hydroxylation is 1. The first kappa shape index (κ1) is 54.6. The van der Waals surface area contributed by atoms with Gasteiger partial charge in [0.25, 0.3) is 0 Å². The summed E-state index contributed by atoms with van der Waals surface area (Å²) in [5.74, 6) is 0.510. The number of fused-ring (bicyclic) bond motifs is 1. The summed E-state index contributed by atoms with van der Waals surface area (Å²) >= 11 is 1.61. The summed E-state index contributed by atoms with van der Waals surface area (Å²) in [6.45, 7) is 28.1. The smallest absolute Gasteiger partial charge is 0.168 e. The van der Waals surface area contributed by atoms with Crippen molar-refractivity contribution in [1.82, 2.24) is 0 Å². The summed E-state index contributed by atoms with van der Waals surface area (Å²) in [7, 11) is 0. The van der Waals surface area contributed by atoms with Gasteiger partial charge in [-0.1, -0.05) is 224 Å². The Hall–Kier alpha value is -6.49. The van der Waals surface area contributed by atoms with Crippen LogP contribution in [0.4, 0.5) is 15.8 Å². The molecular formula is C61H70FNOS. The molecule has 1 aliphatic heterocycles. The molecule has 0 N–H and O–H groups in total. The Morgan fingerprint density at radius 1 is 0.800 bits per heavy atom. The minimum Gasteiger partial charge on any atom is -0.315 e. The molecule has 338 valence electrons. The molecule has 65 heavy (non-hydrogen) atoms. The monoisotopic (exact) mass is 884 g/mol. The third-order valence-corrected chi connectivity index (χ3v) is 10.4. The van der Waals surface area contributed by atoms with Gasteiger partial charge in [-0.2, -0.15) is 0 Å². The van der Waals surface area contributed by atoms with Crippen LogP contribution in [0, 0.1) is 12.8 Å². The van der Waals surface area contributed by atoms with Crippen molar-refractivity contribution in [2.45, 2.75) is 79.5 Å². The molecule has 4 aromatic carbocycles. The van der Waals surface area contributed by atoms with Crippen LogP contribution in [0.1, 0.15) is 94.8 Å². The Labute approximate surface area is 396 Å². The van der Waals surface area contributed by atoms with E-state index >= 15 is 0 Å². The topological polar surface area (TPSA) is 20.3 Å². The predicted molar refractivity (Wildman–Crippen MR) is 288 cm³/mol. The maximum atomic E-state index is 13.6. The number of allylic oxidation sites excluding steroid dienone is 21. The zero-order valence-electron chi connectivity index (χ0n) is 40.0. The van der Waals surface area contributed by atoms with E-state index in [-0.39, 0.29) is 11.6 Å². The Kier molecular flexibility index (Phi) is 27.1. The molecule has 1 heterocycles. The highest BCUT2D eigenvalue weighted by Gasteiger charge is 2.22. The zero-order valence-corrected chi connectivity index (χ0v) is 40.8. The number of carbonyl (C=O) groups excluding carboxylic acids is 1. The number of para-hydroxylation sites is 1. The van der Waals surface area contributed by atoms with Crippen molar-refractivity contribution < 1.29 is 9.18 Å². The van der Waals surface area contributed by atoms with Crippen molar-refractivity contribution in [3.8, 4) is 0 Å². The molecule has 0 amide bonds. The molecule has 1 aliphatic carbocycles. The highest BCUT2D eigenvalue weighted by molar-refractivity contribution is 8.03. The van der Waals surface area contributed by atoms with Gasteiger partial charge < -0.3 is 4.90 Å². The minimum atomic E-state index is -0.258. The van der Waals surface area contributed by atoms with Crippen LogP contribution in [0.5, 0.6) is 0 Å². The third kappa shape index (κ3) is 20.3. The second-order valence-electron chi connectivity index (χ2n) is 14.7. The van der Waals surface area contributed by atoms with E-state index in [1.54, 1.807) is 23.9 Å². The summed E-state index contributed by atoms with van der Waals surface area (Å²) in [5.41, 5.74) is 9.18. The van der Waals surface area contributed by atoms with E-state index in [0.717, 1.165) is 61.1 Å². The summed E-state index contributed by atoms with van der Waals surface area (Å²) in [6, 6.07) is 34.8. The van der Waals surface area contributed by atoms with Crippen molar-refractivity contribution >= 4 is 40.1 Å². The number of rotatable bonds is 13. The van der Waals surface area contributed by atoms with E-state index < -0.39 is 0 Å². The fourth-order valence-electron chi connectivity index (χ4n) is 6.19. The molecule has 0 atom stereocenters. The number of thioether (sulfide) groups is 1. The lowest BCUT2D eigenvalue weighted by molar-refractivity contribution is 0.0990. The first-order chi connectivity index (χ1) is 31.6. The van der Waals surface area contributed by atoms with Gasteiger partial charge in [0, 0.05) is 34.0 Å². The third-order valence-electron chi connectivity index (χ3n) is 9.32. The van der Waals surface area contributed by atoms with Gasteiger partial charge in [0.05, 0.1) is 0 Å². The molecule has 0 unspecified atom stereocenters. The molecule has 0 aromatic heterocycles. The lowest BCUT2D eigenvalue weighted by Gasteiger charge is -2.26. The SMILES string of the molecule is C=C/C=C\C/C=C\C(C)C.C=C/C=C\C=C(/C)N(c1ccccc1)c1ccc(C(=C)/C=C\C=C2/CC(=O)c3ccc(C4=CC=C(F)C=CC4)cc3S2)cc1.CC.CC.Cc1ccccc1. The van der Waals surface area contributed by atoms with Gasteiger partial charge in [0.15, 0.2) is 5.78 Å². The molecule has 0 saturated heterocycles. The van der Waals surface area contributed by atoms with Gasteiger partial charge in [-0.3, -0.25) is 4.79 Å². The van der Waals surface area contributed by atoms with Crippen LogP contribution in [-0.4, -0.2) is 5.78 Å². The Morgan fingerprint density at radius 2 is 1.45 bits per heavy atom. The van der Waals surface area contributed by atoms with Crippen molar-refractivity contribution in [2.75, 3.05) is 4.90 Å². The zero-order chi connectivity index (χ0) is 47.8. The van der Waals surface area contributed by atoms with Crippen LogP contribution < -0.4 is 4.90 Å². The summed E-state index contributed by atoms with van der Waals surface area (Å²) in [6.07, 6.45) is 32.5. The van der Waals surface area contributed by atoms with Crippen molar-refractivity contribution in [3.63, 3.8) is 0 Å². The number of halogens is 1. The van der Waals surface area contributed by atoms with Crippen LogP contribution in [0.15, 0.2) is 241 Å². The van der Waals surface area contributed by atoms with Crippen LogP contribution in [0.25, 0.3) is 11.1 Å². The maximum absolute atomic E-state index is 13.6. The van der Waals surface area contributed by atoms with E-state index in [9.17, 15) is 9.18 Å². The van der Waals surface area contributed by atoms with Gasteiger partial charge in [0.2, 0.25) is 0 Å². The number of anilines is 2. The highest BCUT2D eigenvalue weighted by Crippen LogP contribution is 2.40. The Morgan fingerprint density at radius 3 is 2.06 bits per heavy atom. The van der Waals surface area contributed by atoms with Crippen LogP contribution >= 0.6 is 11.8 Å². The normalized spacial score (nSPS) is 13.8. The highest BCUT2D eigenvalue weighted by atomic mass is 32.2. The molecule has 0 radical (unpaired) electrons. The molecule has 6 rings (SSSR count). The van der Waals surface area contributed by atoms with Crippen LogP contribution in [-0.2, 0) is 0 Å². The molecule has 2 aliphatic rings. The molecule has 2 nitrogen and oxygen atoms in total. The first-order valence-corrected chi connectivity index (χ1v) is 23.4. The predicted octanol–water partition coefficient (Wildman–Crippen LogP) is 18.9. The molecular weight excluding hydrogens is 814 g/mol. The second-order valence-corrected chi connectivity index (χ2v) is 15.8. The van der Waals surface area contributed by atoms with Gasteiger partial charge in [-0.15, -0.1) is 0 Å². The summed E-state index contributed by atoms with van der Waals surface area (Å²) in [5, 5.41) is 0. The van der Waals surface area contributed by atoms with Crippen molar-refractivity contribution in [2.24, 2.45) is 5.92 Å². The number of hydrogen-bond acceptors (Lipinski definition) is 3. The van der Waals surface area contributed by atoms with E-state index in [4.69, 9.17) is 0 Å². The summed E-state index contributed by atoms with van der Waals surface area (Å²) < 4.78 is 13.6. The summed E-state index contributed by atoms with van der Waals surface area (Å²) in [4.78, 5) is 17.0. The van der Waals surface area contributed by atoms with Gasteiger partial charge in [0.1, 0.15) is 5.83 Å². The molecule has 0 saturated carbocycles. The molecule has 4 heteroatoms. The molecule has 4 aromatic rings. The molecule has 0 spiro atoms. The maximum Gasteiger partial charge on any atom is 0.168 e. The number of carbonyl (C=O) groups is 1. The lowest BCUT2D eigenvalue weighted by Crippen LogP contribution is -2.14. The molecule has 0 fully saturated rings. The standard InChI is InChI=1S/C40H34FNOS.C10H16.C7H8.2C2H6/c1-4-5-7-13-30(3)42(35-16-8-6-9-17-35)36-24-20-31(21-25-36)29(2)12-10-18-37-28-39(43)38-26-22-33(27-40(38)44-37)32-14-11-15-34(41)23-19-32;1-4-5-6-7-8-9-10(2)3;1-7-5-3-2-4-6-7;2*1-2/h4-13,15-27H,1-2,14,28H2,3H3;4-6,8-10H,1,7H2,2-3H3;2-6H,1H3;2*1-2H3/b7-5-,12-10-,30-13+,37-18+;6-5-,9-8-;;;. The van der Waals surface area contributed by atoms with E-state index in [0.29, 0.717) is 18.8 Å². The number of ketones is 1. The molecule has 0 bridgehead atoms. The number of Topliss-reactive ketones (excluding diaryl/α,β-unsaturated/α-hetero) is 1. The lowest BCUT2D eigenvalue weighted by atomic mass is 9.98. The Bertz CT molecular complexity index is 2360. The Balaban J connectivity index is 0.000000572. The second kappa shape index (κ2) is 32.2. The number of hydrogen-bond donors (Lipinski definition) is 0. The quantitative estimate of drug-likeness (QED) is 0.0986. The van der Waals surface area contributed by atoms with E-state index in [1.807, 2.05) is 131 Å². The van der Waals surface area contributed by atoms with Crippen LogP contribution in [0.3, 0.4) is 0 Å². The minimum absolute atomic E-state index is 0.104. The average Bonchev–Trinajstić information content (AvgIpc) is 3.55. The van der Waals surface area contributed by atoms with E-state index in [1.165, 1.54) is 17.7 Å². The van der Waals surface area contributed by atoms with Crippen LogP contribution in [0.2, 0.25) is 0 Å². The van der Waals surface area contributed by atoms with Crippen molar-refractivity contribution in [3.05, 3.63) is 259 Å².